The van der Waals surface area contributed by atoms with Crippen LogP contribution in [0.1, 0.15) is 68.4 Å². The third kappa shape index (κ3) is 5.56. The summed E-state index contributed by atoms with van der Waals surface area (Å²) in [5.74, 6) is -1.36. The molecule has 0 radical (unpaired) electrons. The van der Waals surface area contributed by atoms with Crippen LogP contribution in [0.25, 0.3) is 0 Å². The minimum atomic E-state index is -5.06. The van der Waals surface area contributed by atoms with Crippen LogP contribution in [0.3, 0.4) is 0 Å². The van der Waals surface area contributed by atoms with Gasteiger partial charge in [0.1, 0.15) is 5.69 Å². The lowest BCUT2D eigenvalue weighted by Gasteiger charge is -2.23. The fraction of sp³-hybridized carbons (Fsp3) is 0.647. The van der Waals surface area contributed by atoms with E-state index in [1.807, 2.05) is 0 Å². The van der Waals surface area contributed by atoms with E-state index >= 15 is 0 Å². The first kappa shape index (κ1) is 22.7. The summed E-state index contributed by atoms with van der Waals surface area (Å²) in [5, 5.41) is -0.188. The fourth-order valence-corrected chi connectivity index (χ4v) is 3.44. The number of pyridine rings is 1. The summed E-state index contributed by atoms with van der Waals surface area (Å²) in [4.78, 5) is 15.4. The molecule has 0 saturated heterocycles. The largest absolute Gasteiger partial charge is 0.462 e. The van der Waals surface area contributed by atoms with E-state index in [0.29, 0.717) is 0 Å². The molecule has 0 N–H and O–H groups in total. The highest BCUT2D eigenvalue weighted by molar-refractivity contribution is 8.00. The van der Waals surface area contributed by atoms with E-state index in [2.05, 4.69) is 4.98 Å². The van der Waals surface area contributed by atoms with Crippen molar-refractivity contribution in [3.63, 3.8) is 0 Å². The minimum Gasteiger partial charge on any atom is -0.462 e. The van der Waals surface area contributed by atoms with Crippen molar-refractivity contribution in [1.82, 2.24) is 4.98 Å². The molecule has 0 fully saturated rings. The highest BCUT2D eigenvalue weighted by Gasteiger charge is 2.42. The van der Waals surface area contributed by atoms with Gasteiger partial charge in [0.15, 0.2) is 5.69 Å². The lowest BCUT2D eigenvalue weighted by molar-refractivity contribution is -0.142. The fourth-order valence-electron chi connectivity index (χ4n) is 2.38. The normalized spacial score (nSPS) is 12.3. The van der Waals surface area contributed by atoms with E-state index < -0.39 is 35.5 Å². The maximum atomic E-state index is 13.5. The van der Waals surface area contributed by atoms with Gasteiger partial charge in [-0.2, -0.15) is 13.2 Å². The van der Waals surface area contributed by atoms with Crippen LogP contribution in [0.2, 0.25) is 0 Å². The van der Waals surface area contributed by atoms with E-state index in [1.165, 1.54) is 6.92 Å². The molecule has 3 nitrogen and oxygen atoms in total. The Morgan fingerprint density at radius 3 is 2.15 bits per heavy atom. The number of halogens is 5. The lowest BCUT2D eigenvalue weighted by atomic mass is 9.95. The third-order valence-electron chi connectivity index (χ3n) is 3.20. The Balaban J connectivity index is 3.93. The predicted molar refractivity (Wildman–Crippen MR) is 89.7 cm³/mol. The van der Waals surface area contributed by atoms with Gasteiger partial charge in [0.25, 0.3) is 6.43 Å². The van der Waals surface area contributed by atoms with Gasteiger partial charge in [-0.25, -0.2) is 18.6 Å². The van der Waals surface area contributed by atoms with Crippen molar-refractivity contribution in [3.8, 4) is 0 Å². The Hall–Kier alpha value is -1.38. The highest BCUT2D eigenvalue weighted by Crippen LogP contribution is 2.42. The minimum absolute atomic E-state index is 0.0223. The second kappa shape index (κ2) is 9.01. The summed E-state index contributed by atoms with van der Waals surface area (Å²) in [5.41, 5.74) is -3.40. The number of carbonyl (C=O) groups is 1. The summed E-state index contributed by atoms with van der Waals surface area (Å²) in [6, 6.07) is 0. The van der Waals surface area contributed by atoms with Crippen LogP contribution in [-0.2, 0) is 17.3 Å². The zero-order valence-electron chi connectivity index (χ0n) is 15.2. The van der Waals surface area contributed by atoms with Crippen molar-refractivity contribution in [1.29, 1.82) is 0 Å². The number of aromatic nitrogens is 1. The monoisotopic (exact) mass is 399 g/mol. The van der Waals surface area contributed by atoms with Gasteiger partial charge in [-0.1, -0.05) is 27.7 Å². The molecule has 0 atom stereocenters. The molecule has 1 heterocycles. The van der Waals surface area contributed by atoms with Crippen molar-refractivity contribution in [3.05, 3.63) is 22.5 Å². The van der Waals surface area contributed by atoms with Crippen LogP contribution < -0.4 is 0 Å². The number of hydrogen-bond donors (Lipinski definition) is 0. The SMILES string of the molecule is CCOC(=O)c1c(C(F)(F)F)nc(C(F)F)c(SC(C)C)c1CC(C)C. The molecule has 0 amide bonds. The van der Waals surface area contributed by atoms with Crippen molar-refractivity contribution in [2.24, 2.45) is 5.92 Å². The molecule has 0 unspecified atom stereocenters. The summed E-state index contributed by atoms with van der Waals surface area (Å²) in [7, 11) is 0. The molecule has 0 aliphatic rings. The molecule has 0 aliphatic carbocycles. The van der Waals surface area contributed by atoms with Gasteiger partial charge >= 0.3 is 12.1 Å². The smallest absolute Gasteiger partial charge is 0.434 e. The molecule has 0 spiro atoms. The number of esters is 1. The lowest BCUT2D eigenvalue weighted by Crippen LogP contribution is -2.23. The summed E-state index contributed by atoms with van der Waals surface area (Å²) in [6.45, 7) is 8.23. The topological polar surface area (TPSA) is 39.2 Å². The Morgan fingerprint density at radius 2 is 1.77 bits per heavy atom. The molecular weight excluding hydrogens is 377 g/mol. The molecule has 0 aliphatic heterocycles. The first-order valence-corrected chi connectivity index (χ1v) is 9.03. The first-order valence-electron chi connectivity index (χ1n) is 8.15. The van der Waals surface area contributed by atoms with Crippen molar-refractivity contribution < 1.29 is 31.5 Å². The Kier molecular flexibility index (Phi) is 7.85. The molecule has 0 bridgehead atoms. The van der Waals surface area contributed by atoms with Gasteiger partial charge in [-0.05, 0) is 24.8 Å². The van der Waals surface area contributed by atoms with Crippen LogP contribution in [0.15, 0.2) is 4.90 Å². The Morgan fingerprint density at radius 1 is 1.19 bits per heavy atom. The van der Waals surface area contributed by atoms with Gasteiger partial charge in [0, 0.05) is 10.1 Å². The van der Waals surface area contributed by atoms with E-state index in [1.54, 1.807) is 27.7 Å². The van der Waals surface area contributed by atoms with Crippen molar-refractivity contribution in [2.45, 2.75) is 63.8 Å². The number of ether oxygens (including phenoxy) is 1. The zero-order chi connectivity index (χ0) is 20.2. The number of hydrogen-bond acceptors (Lipinski definition) is 4. The van der Waals surface area contributed by atoms with Gasteiger partial charge in [0.2, 0.25) is 0 Å². The molecule has 1 aromatic heterocycles. The molecule has 0 aromatic carbocycles. The molecule has 1 rings (SSSR count). The summed E-state index contributed by atoms with van der Waals surface area (Å²) >= 11 is 0.973. The van der Waals surface area contributed by atoms with Gasteiger partial charge in [-0.15, -0.1) is 11.8 Å². The number of alkyl halides is 5. The molecular formula is C17H22F5NO2S. The van der Waals surface area contributed by atoms with Crippen LogP contribution in [0.5, 0.6) is 0 Å². The van der Waals surface area contributed by atoms with Crippen LogP contribution in [-0.4, -0.2) is 22.8 Å². The van der Waals surface area contributed by atoms with Crippen LogP contribution in [0, 0.1) is 5.92 Å². The maximum Gasteiger partial charge on any atom is 0.434 e. The first-order chi connectivity index (χ1) is 11.9. The average Bonchev–Trinajstić information content (AvgIpc) is 2.46. The van der Waals surface area contributed by atoms with Crippen molar-refractivity contribution in [2.75, 3.05) is 6.61 Å². The second-order valence-electron chi connectivity index (χ2n) is 6.31. The van der Waals surface area contributed by atoms with E-state index in [-0.39, 0.29) is 34.7 Å². The number of rotatable bonds is 7. The molecule has 26 heavy (non-hydrogen) atoms. The quantitative estimate of drug-likeness (QED) is 0.324. The molecule has 0 saturated carbocycles. The number of nitrogens with zero attached hydrogens (tertiary/aromatic N) is 1. The van der Waals surface area contributed by atoms with Crippen molar-refractivity contribution >= 4 is 17.7 Å². The zero-order valence-corrected chi connectivity index (χ0v) is 16.0. The van der Waals surface area contributed by atoms with E-state index in [0.717, 1.165) is 11.8 Å². The van der Waals surface area contributed by atoms with Gasteiger partial charge in [-0.3, -0.25) is 0 Å². The Bertz CT molecular complexity index is 645. The summed E-state index contributed by atoms with van der Waals surface area (Å²) in [6.07, 6.45) is -8.23. The van der Waals surface area contributed by atoms with E-state index in [9.17, 15) is 26.7 Å². The van der Waals surface area contributed by atoms with Crippen LogP contribution in [0.4, 0.5) is 22.0 Å². The van der Waals surface area contributed by atoms with Gasteiger partial charge < -0.3 is 4.74 Å². The molecule has 1 aromatic rings. The van der Waals surface area contributed by atoms with Crippen LogP contribution >= 0.6 is 11.8 Å². The van der Waals surface area contributed by atoms with E-state index in [4.69, 9.17) is 4.74 Å². The second-order valence-corrected chi connectivity index (χ2v) is 7.90. The number of thioether (sulfide) groups is 1. The summed E-state index contributed by atoms with van der Waals surface area (Å²) < 4.78 is 72.2. The van der Waals surface area contributed by atoms with Gasteiger partial charge in [0.05, 0.1) is 12.2 Å². The Labute approximate surface area is 153 Å². The highest BCUT2D eigenvalue weighted by atomic mass is 32.2. The molecule has 148 valence electrons. The third-order valence-corrected chi connectivity index (χ3v) is 4.36. The standard InChI is InChI=1S/C17H22F5NO2S/c1-6-25-16(24)11-10(7-8(2)3)13(26-9(4)5)12(15(18)19)23-14(11)17(20,21)22/h8-9,15H,6-7H2,1-5H3. The maximum absolute atomic E-state index is 13.5. The average molecular weight is 399 g/mol. The molecule has 9 heteroatoms. The predicted octanol–water partition coefficient (Wildman–Crippen LogP) is 5.91. The number of carbonyl (C=O) groups excluding carboxylic acids is 1.